The van der Waals surface area contributed by atoms with Crippen LogP contribution in [0.25, 0.3) is 0 Å². The summed E-state index contributed by atoms with van der Waals surface area (Å²) in [6, 6.07) is 18.6. The molecule has 0 aliphatic carbocycles. The molecule has 1 aliphatic rings. The lowest BCUT2D eigenvalue weighted by atomic mass is 9.82. The summed E-state index contributed by atoms with van der Waals surface area (Å²) in [7, 11) is 1.68. The summed E-state index contributed by atoms with van der Waals surface area (Å²) in [5.74, 6) is 2.11. The molecule has 3 aromatic rings. The third-order valence-corrected chi connectivity index (χ3v) is 5.18. The van der Waals surface area contributed by atoms with Crippen molar-refractivity contribution < 1.29 is 19.7 Å². The maximum Gasteiger partial charge on any atom is 0.127 e. The van der Waals surface area contributed by atoms with Gasteiger partial charge in [0, 0.05) is 17.5 Å². The number of hydrogen-bond acceptors (Lipinski definition) is 4. The molecule has 1 heterocycles. The number of phenolic OH excluding ortho intramolecular Hbond substituents is 2. The molecule has 0 saturated carbocycles. The van der Waals surface area contributed by atoms with Gasteiger partial charge in [-0.3, -0.25) is 0 Å². The topological polar surface area (TPSA) is 58.9 Å². The molecule has 27 heavy (non-hydrogen) atoms. The van der Waals surface area contributed by atoms with Crippen molar-refractivity contribution in [2.45, 2.75) is 25.4 Å². The van der Waals surface area contributed by atoms with E-state index in [9.17, 15) is 10.2 Å². The molecule has 4 heteroatoms. The number of hydrogen-bond donors (Lipinski definition) is 2. The minimum atomic E-state index is -0.160. The van der Waals surface area contributed by atoms with E-state index in [4.69, 9.17) is 9.47 Å². The zero-order chi connectivity index (χ0) is 19.0. The fourth-order valence-corrected chi connectivity index (χ4v) is 3.78. The van der Waals surface area contributed by atoms with Crippen LogP contribution in [0.3, 0.4) is 0 Å². The summed E-state index contributed by atoms with van der Waals surface area (Å²) in [6.45, 7) is 2.04. The summed E-state index contributed by atoms with van der Waals surface area (Å²) in [5.41, 5.74) is 4.33. The van der Waals surface area contributed by atoms with E-state index in [1.165, 1.54) is 5.56 Å². The number of aryl methyl sites for hydroxylation is 1. The monoisotopic (exact) mass is 362 g/mol. The summed E-state index contributed by atoms with van der Waals surface area (Å²) < 4.78 is 11.6. The summed E-state index contributed by atoms with van der Waals surface area (Å²) in [4.78, 5) is 0. The molecule has 0 fully saturated rings. The van der Waals surface area contributed by atoms with E-state index < -0.39 is 0 Å². The van der Waals surface area contributed by atoms with Crippen molar-refractivity contribution in [3.05, 3.63) is 82.9 Å². The Balaban J connectivity index is 1.77. The normalized spacial score (nSPS) is 18.4. The average molecular weight is 362 g/mol. The van der Waals surface area contributed by atoms with Crippen LogP contribution in [0.5, 0.6) is 23.0 Å². The number of ether oxygens (including phenoxy) is 2. The highest BCUT2D eigenvalue weighted by Crippen LogP contribution is 2.46. The molecule has 0 radical (unpaired) electrons. The molecule has 138 valence electrons. The first-order chi connectivity index (χ1) is 13.0. The van der Waals surface area contributed by atoms with Crippen molar-refractivity contribution in [2.75, 3.05) is 7.11 Å². The molecule has 2 unspecified atom stereocenters. The molecule has 0 amide bonds. The first-order valence-corrected chi connectivity index (χ1v) is 8.98. The van der Waals surface area contributed by atoms with E-state index in [2.05, 4.69) is 12.1 Å². The third-order valence-electron chi connectivity index (χ3n) is 5.18. The van der Waals surface area contributed by atoms with Gasteiger partial charge in [-0.2, -0.15) is 0 Å². The lowest BCUT2D eigenvalue weighted by Crippen LogP contribution is -2.20. The van der Waals surface area contributed by atoms with Gasteiger partial charge in [0.15, 0.2) is 0 Å². The molecular weight excluding hydrogens is 340 g/mol. The minimum absolute atomic E-state index is 0.137. The largest absolute Gasteiger partial charge is 0.508 e. The predicted octanol–water partition coefficient (Wildman–Crippen LogP) is 5.07. The molecule has 3 aromatic carbocycles. The van der Waals surface area contributed by atoms with Crippen LogP contribution >= 0.6 is 0 Å². The number of benzene rings is 3. The highest BCUT2D eigenvalue weighted by atomic mass is 16.5. The maximum absolute atomic E-state index is 9.92. The molecule has 0 bridgehead atoms. The molecule has 4 nitrogen and oxygen atoms in total. The smallest absolute Gasteiger partial charge is 0.127 e. The SMILES string of the molecule is COc1ccc(C2CC(c3ccc(O)cc3)Oc3cc(O)ccc32)cc1C. The van der Waals surface area contributed by atoms with Crippen molar-refractivity contribution in [1.82, 2.24) is 0 Å². The van der Waals surface area contributed by atoms with Crippen LogP contribution in [0.15, 0.2) is 60.7 Å². The molecule has 0 aromatic heterocycles. The van der Waals surface area contributed by atoms with E-state index in [1.807, 2.05) is 31.2 Å². The van der Waals surface area contributed by atoms with Crippen molar-refractivity contribution in [1.29, 1.82) is 0 Å². The number of phenols is 2. The Morgan fingerprint density at radius 3 is 2.30 bits per heavy atom. The molecule has 4 rings (SSSR count). The van der Waals surface area contributed by atoms with Gasteiger partial charge in [0.05, 0.1) is 7.11 Å². The van der Waals surface area contributed by atoms with E-state index >= 15 is 0 Å². The quantitative estimate of drug-likeness (QED) is 0.683. The van der Waals surface area contributed by atoms with E-state index in [0.29, 0.717) is 5.75 Å². The third kappa shape index (κ3) is 3.31. The number of fused-ring (bicyclic) bond motifs is 1. The van der Waals surface area contributed by atoms with Crippen LogP contribution in [0.4, 0.5) is 0 Å². The Hall–Kier alpha value is -3.14. The Morgan fingerprint density at radius 2 is 1.59 bits per heavy atom. The zero-order valence-corrected chi connectivity index (χ0v) is 15.3. The van der Waals surface area contributed by atoms with Crippen molar-refractivity contribution in [2.24, 2.45) is 0 Å². The lowest BCUT2D eigenvalue weighted by Gasteiger charge is -2.33. The minimum Gasteiger partial charge on any atom is -0.508 e. The molecule has 0 spiro atoms. The second-order valence-electron chi connectivity index (χ2n) is 6.94. The van der Waals surface area contributed by atoms with Crippen molar-refractivity contribution in [3.8, 4) is 23.0 Å². The van der Waals surface area contributed by atoms with Gasteiger partial charge in [-0.15, -0.1) is 0 Å². The number of aromatic hydroxyl groups is 2. The van der Waals surface area contributed by atoms with Gasteiger partial charge in [0.2, 0.25) is 0 Å². The molecule has 0 saturated heterocycles. The summed E-state index contributed by atoms with van der Waals surface area (Å²) in [5, 5.41) is 19.5. The van der Waals surface area contributed by atoms with Gasteiger partial charge < -0.3 is 19.7 Å². The van der Waals surface area contributed by atoms with Gasteiger partial charge in [-0.05, 0) is 54.3 Å². The Labute approximate surface area is 158 Å². The number of rotatable bonds is 3. The highest BCUT2D eigenvalue weighted by molar-refractivity contribution is 5.50. The fraction of sp³-hybridized carbons (Fsp3) is 0.217. The Bertz CT molecular complexity index is 963. The summed E-state index contributed by atoms with van der Waals surface area (Å²) >= 11 is 0. The van der Waals surface area contributed by atoms with Crippen molar-refractivity contribution in [3.63, 3.8) is 0 Å². The van der Waals surface area contributed by atoms with Gasteiger partial charge in [-0.1, -0.05) is 30.3 Å². The molecule has 2 N–H and O–H groups in total. The second-order valence-corrected chi connectivity index (χ2v) is 6.94. The highest BCUT2D eigenvalue weighted by Gasteiger charge is 2.31. The number of methoxy groups -OCH3 is 1. The van der Waals surface area contributed by atoms with E-state index in [-0.39, 0.29) is 23.5 Å². The van der Waals surface area contributed by atoms with Crippen LogP contribution in [0.1, 0.15) is 40.7 Å². The van der Waals surface area contributed by atoms with Gasteiger partial charge in [0.25, 0.3) is 0 Å². The van der Waals surface area contributed by atoms with Gasteiger partial charge in [-0.25, -0.2) is 0 Å². The molecule has 1 aliphatic heterocycles. The van der Waals surface area contributed by atoms with Crippen LogP contribution in [0.2, 0.25) is 0 Å². The Kier molecular flexibility index (Phi) is 4.40. The van der Waals surface area contributed by atoms with E-state index in [1.54, 1.807) is 31.4 Å². The molecule has 2 atom stereocenters. The lowest BCUT2D eigenvalue weighted by molar-refractivity contribution is 0.167. The van der Waals surface area contributed by atoms with Crippen molar-refractivity contribution >= 4 is 0 Å². The van der Waals surface area contributed by atoms with E-state index in [0.717, 1.165) is 28.9 Å². The van der Waals surface area contributed by atoms with Crippen LogP contribution < -0.4 is 9.47 Å². The standard InChI is InChI=1S/C23H22O4/c1-14-11-16(5-10-21(14)26-2)20-13-22(15-3-6-17(24)7-4-15)27-23-12-18(25)8-9-19(20)23/h3-12,20,22,24-25H,13H2,1-2H3. The van der Waals surface area contributed by atoms with Gasteiger partial charge in [0.1, 0.15) is 29.1 Å². The summed E-state index contributed by atoms with van der Waals surface area (Å²) in [6.07, 6.45) is 0.612. The Morgan fingerprint density at radius 1 is 0.889 bits per heavy atom. The van der Waals surface area contributed by atoms with Crippen LogP contribution in [-0.4, -0.2) is 17.3 Å². The first-order valence-electron chi connectivity index (χ1n) is 8.98. The molecular formula is C23H22O4. The van der Waals surface area contributed by atoms with Gasteiger partial charge >= 0.3 is 0 Å². The predicted molar refractivity (Wildman–Crippen MR) is 104 cm³/mol. The second kappa shape index (κ2) is 6.88. The zero-order valence-electron chi connectivity index (χ0n) is 15.3. The maximum atomic E-state index is 9.92. The van der Waals surface area contributed by atoms with Crippen LogP contribution in [-0.2, 0) is 0 Å². The fourth-order valence-electron chi connectivity index (χ4n) is 3.78. The average Bonchev–Trinajstić information content (AvgIpc) is 2.67. The first kappa shape index (κ1) is 17.3. The van der Waals surface area contributed by atoms with Crippen LogP contribution in [0, 0.1) is 6.92 Å².